The number of phosphoric ester groups is 1. The first kappa shape index (κ1) is 44.5. The molecule has 9 heteroatoms. The first-order valence-electron chi connectivity index (χ1n) is 18.8. The molecule has 270 valence electrons. The third-order valence-electron chi connectivity index (χ3n) is 8.17. The van der Waals surface area contributed by atoms with Gasteiger partial charge in [0.25, 0.3) is 0 Å². The van der Waals surface area contributed by atoms with Crippen LogP contribution in [0.15, 0.2) is 0 Å². The molecule has 0 fully saturated rings. The number of nitrogens with zero attached hydrogens (tertiary/aromatic N) is 1. The normalized spacial score (nSPS) is 14.0. The Balaban J connectivity index is 4.27. The van der Waals surface area contributed by atoms with Gasteiger partial charge in [-0.25, -0.2) is 4.57 Å². The van der Waals surface area contributed by atoms with Crippen LogP contribution >= 0.6 is 7.82 Å². The molecule has 0 saturated carbocycles. The van der Waals surface area contributed by atoms with Crippen molar-refractivity contribution in [3.05, 3.63) is 0 Å². The molecule has 0 radical (unpaired) electrons. The molecule has 8 nitrogen and oxygen atoms in total. The van der Waals surface area contributed by atoms with E-state index in [-0.39, 0.29) is 25.8 Å². The number of unbranched alkanes of at least 4 members (excludes halogenated alkanes) is 21. The highest BCUT2D eigenvalue weighted by Gasteiger charge is 2.26. The molecule has 2 unspecified atom stereocenters. The summed E-state index contributed by atoms with van der Waals surface area (Å²) in [5.74, 6) is -0.313. The maximum Gasteiger partial charge on any atom is 0.472 e. The van der Waals surface area contributed by atoms with E-state index in [2.05, 4.69) is 13.8 Å². The zero-order valence-electron chi connectivity index (χ0n) is 30.4. The van der Waals surface area contributed by atoms with E-state index < -0.39 is 13.9 Å². The third-order valence-corrected chi connectivity index (χ3v) is 9.15. The van der Waals surface area contributed by atoms with Gasteiger partial charge >= 0.3 is 13.8 Å². The molecule has 0 amide bonds. The van der Waals surface area contributed by atoms with E-state index >= 15 is 0 Å². The summed E-state index contributed by atoms with van der Waals surface area (Å²) in [5, 5.41) is 0. The van der Waals surface area contributed by atoms with Crippen molar-refractivity contribution in [2.24, 2.45) is 0 Å². The molecular formula is C36H75NO7P+. The molecule has 0 saturated heterocycles. The van der Waals surface area contributed by atoms with Crippen LogP contribution in [0.25, 0.3) is 0 Å². The van der Waals surface area contributed by atoms with E-state index in [4.69, 9.17) is 18.5 Å². The number of rotatable bonds is 35. The molecule has 0 rings (SSSR count). The summed E-state index contributed by atoms with van der Waals surface area (Å²) < 4.78 is 34.8. The van der Waals surface area contributed by atoms with E-state index in [0.29, 0.717) is 24.1 Å². The maximum absolute atomic E-state index is 12.6. The van der Waals surface area contributed by atoms with E-state index in [1.54, 1.807) is 0 Å². The summed E-state index contributed by atoms with van der Waals surface area (Å²) in [7, 11) is 1.68. The van der Waals surface area contributed by atoms with Crippen LogP contribution in [0.4, 0.5) is 0 Å². The van der Waals surface area contributed by atoms with Crippen LogP contribution in [0.5, 0.6) is 0 Å². The Morgan fingerprint density at radius 1 is 0.600 bits per heavy atom. The second-order valence-electron chi connectivity index (χ2n) is 14.0. The predicted octanol–water partition coefficient (Wildman–Crippen LogP) is 10.2. The summed E-state index contributed by atoms with van der Waals surface area (Å²) in [6, 6.07) is 0. The minimum atomic E-state index is -4.25. The number of esters is 1. The van der Waals surface area contributed by atoms with Crippen LogP contribution in [-0.4, -0.2) is 75.6 Å². The number of carbonyl (C=O) groups excluding carboxylic acids is 1. The number of likely N-dealkylation sites (N-methyl/N-ethyl adjacent to an activating group) is 1. The topological polar surface area (TPSA) is 91.3 Å². The molecule has 2 atom stereocenters. The van der Waals surface area contributed by atoms with E-state index in [9.17, 15) is 14.3 Å². The standard InChI is InChI=1S/C36H74NO7P/c1-6-8-10-12-14-16-18-19-20-22-24-26-28-31-41-33-35(34-43-45(39,40)42-32-30-37(3,4)5)44-36(38)29-27-25-23-21-17-15-13-11-9-7-2/h35H,6-34H2,1-5H3/p+1. The molecular weight excluding hydrogens is 589 g/mol. The highest BCUT2D eigenvalue weighted by atomic mass is 31.2. The lowest BCUT2D eigenvalue weighted by Crippen LogP contribution is -2.37. The van der Waals surface area contributed by atoms with Crippen molar-refractivity contribution < 1.29 is 37.3 Å². The van der Waals surface area contributed by atoms with Crippen molar-refractivity contribution in [3.63, 3.8) is 0 Å². The monoisotopic (exact) mass is 665 g/mol. The fourth-order valence-corrected chi connectivity index (χ4v) is 5.94. The Hall–Kier alpha value is -0.500. The van der Waals surface area contributed by atoms with Crippen molar-refractivity contribution in [2.45, 2.75) is 174 Å². The van der Waals surface area contributed by atoms with E-state index in [1.807, 2.05) is 21.1 Å². The second kappa shape index (κ2) is 30.8. The lowest BCUT2D eigenvalue weighted by atomic mass is 10.0. The Morgan fingerprint density at radius 3 is 1.47 bits per heavy atom. The lowest BCUT2D eigenvalue weighted by Gasteiger charge is -2.24. The molecule has 0 heterocycles. The molecule has 0 spiro atoms. The van der Waals surface area contributed by atoms with Gasteiger partial charge < -0.3 is 18.9 Å². The van der Waals surface area contributed by atoms with Crippen LogP contribution in [-0.2, 0) is 27.9 Å². The van der Waals surface area contributed by atoms with Gasteiger partial charge in [0.05, 0.1) is 34.4 Å². The number of carbonyl (C=O) groups is 1. The summed E-state index contributed by atoms with van der Waals surface area (Å²) in [4.78, 5) is 22.7. The highest BCUT2D eigenvalue weighted by molar-refractivity contribution is 7.47. The van der Waals surface area contributed by atoms with Gasteiger partial charge in [-0.15, -0.1) is 0 Å². The average molecular weight is 665 g/mol. The van der Waals surface area contributed by atoms with E-state index in [0.717, 1.165) is 32.1 Å². The Kier molecular flexibility index (Phi) is 30.5. The summed E-state index contributed by atoms with van der Waals surface area (Å²) in [6.45, 7) is 5.63. The first-order valence-corrected chi connectivity index (χ1v) is 20.3. The molecule has 0 aromatic rings. The van der Waals surface area contributed by atoms with Gasteiger partial charge in [0.1, 0.15) is 19.3 Å². The van der Waals surface area contributed by atoms with Gasteiger partial charge in [0.2, 0.25) is 0 Å². The number of hydrogen-bond donors (Lipinski definition) is 1. The Labute approximate surface area is 278 Å². The largest absolute Gasteiger partial charge is 0.472 e. The van der Waals surface area contributed by atoms with Crippen molar-refractivity contribution in [1.29, 1.82) is 0 Å². The summed E-state index contributed by atoms with van der Waals surface area (Å²) >= 11 is 0. The zero-order chi connectivity index (χ0) is 33.5. The minimum absolute atomic E-state index is 0.0933. The SMILES string of the molecule is CCCCCCCCCCCCCCCOCC(COP(=O)(O)OCC[N+](C)(C)C)OC(=O)CCCCCCCCCCCC. The number of ether oxygens (including phenoxy) is 2. The smallest absolute Gasteiger partial charge is 0.457 e. The van der Waals surface area contributed by atoms with Crippen LogP contribution in [0.1, 0.15) is 168 Å². The molecule has 45 heavy (non-hydrogen) atoms. The van der Waals surface area contributed by atoms with Crippen LogP contribution in [0, 0.1) is 0 Å². The molecule has 0 aliphatic rings. The molecule has 1 N–H and O–H groups in total. The zero-order valence-corrected chi connectivity index (χ0v) is 31.3. The van der Waals surface area contributed by atoms with Crippen LogP contribution < -0.4 is 0 Å². The third kappa shape index (κ3) is 34.6. The molecule has 0 aliphatic heterocycles. The Bertz CT molecular complexity index is 701. The quantitative estimate of drug-likeness (QED) is 0.0312. The summed E-state index contributed by atoms with van der Waals surface area (Å²) in [6.07, 6.45) is 28.3. The Morgan fingerprint density at radius 2 is 1.02 bits per heavy atom. The fraction of sp³-hybridized carbons (Fsp3) is 0.972. The average Bonchev–Trinajstić information content (AvgIpc) is 2.98. The molecule has 0 aromatic heterocycles. The fourth-order valence-electron chi connectivity index (χ4n) is 5.20. The van der Waals surface area contributed by atoms with Gasteiger partial charge in [-0.2, -0.15) is 0 Å². The maximum atomic E-state index is 12.6. The summed E-state index contributed by atoms with van der Waals surface area (Å²) in [5.41, 5.74) is 0. The van der Waals surface area contributed by atoms with Crippen LogP contribution in [0.3, 0.4) is 0 Å². The van der Waals surface area contributed by atoms with Crippen molar-refractivity contribution in [1.82, 2.24) is 0 Å². The van der Waals surface area contributed by atoms with Gasteiger partial charge in [-0.1, -0.05) is 149 Å². The van der Waals surface area contributed by atoms with Crippen LogP contribution in [0.2, 0.25) is 0 Å². The van der Waals surface area contributed by atoms with Crippen molar-refractivity contribution in [3.8, 4) is 0 Å². The number of hydrogen-bond acceptors (Lipinski definition) is 6. The first-order chi connectivity index (χ1) is 21.6. The molecule has 0 bridgehead atoms. The second-order valence-corrected chi connectivity index (χ2v) is 15.4. The van der Waals surface area contributed by atoms with Gasteiger partial charge in [-0.05, 0) is 12.8 Å². The number of phosphoric acid groups is 1. The lowest BCUT2D eigenvalue weighted by molar-refractivity contribution is -0.870. The van der Waals surface area contributed by atoms with Gasteiger partial charge in [0.15, 0.2) is 0 Å². The van der Waals surface area contributed by atoms with E-state index in [1.165, 1.54) is 116 Å². The van der Waals surface area contributed by atoms with Gasteiger partial charge in [-0.3, -0.25) is 13.8 Å². The van der Waals surface area contributed by atoms with Crippen molar-refractivity contribution in [2.75, 3.05) is 54.1 Å². The molecule has 0 aliphatic carbocycles. The molecule has 0 aromatic carbocycles. The highest BCUT2D eigenvalue weighted by Crippen LogP contribution is 2.43. The predicted molar refractivity (Wildman–Crippen MR) is 187 cm³/mol. The van der Waals surface area contributed by atoms with Gasteiger partial charge in [0, 0.05) is 13.0 Å². The van der Waals surface area contributed by atoms with Crippen molar-refractivity contribution >= 4 is 13.8 Å². The minimum Gasteiger partial charge on any atom is -0.457 e. The number of quaternary nitrogens is 1.